The molecule has 1 aromatic carbocycles. The van der Waals surface area contributed by atoms with Crippen molar-refractivity contribution < 1.29 is 4.39 Å². The fourth-order valence-electron chi connectivity index (χ4n) is 1.23. The zero-order valence-corrected chi connectivity index (χ0v) is 10.2. The SMILES string of the molecule is Nc1ncnc(Nc2ccc(Br)cc2F)c1N. The second-order valence-electron chi connectivity index (χ2n) is 3.27. The number of anilines is 4. The molecule has 0 bridgehead atoms. The molecule has 0 spiro atoms. The fraction of sp³-hybridized carbons (Fsp3) is 0. The standard InChI is InChI=1S/C10H9BrFN5/c11-5-1-2-7(6(12)3-5)17-10-8(13)9(14)15-4-16-10/h1-4H,13H2,(H3,14,15,16,17). The minimum Gasteiger partial charge on any atom is -0.393 e. The summed E-state index contributed by atoms with van der Waals surface area (Å²) in [4.78, 5) is 7.61. The van der Waals surface area contributed by atoms with Gasteiger partial charge in [0.15, 0.2) is 11.6 Å². The van der Waals surface area contributed by atoms with Crippen molar-refractivity contribution in [3.63, 3.8) is 0 Å². The van der Waals surface area contributed by atoms with Gasteiger partial charge in [0.1, 0.15) is 17.8 Å². The van der Waals surface area contributed by atoms with Crippen molar-refractivity contribution in [2.75, 3.05) is 16.8 Å². The molecule has 0 saturated heterocycles. The Morgan fingerprint density at radius 3 is 2.71 bits per heavy atom. The lowest BCUT2D eigenvalue weighted by Gasteiger charge is -2.09. The van der Waals surface area contributed by atoms with Gasteiger partial charge in [-0.2, -0.15) is 0 Å². The van der Waals surface area contributed by atoms with E-state index in [1.54, 1.807) is 12.1 Å². The molecule has 0 atom stereocenters. The average Bonchev–Trinajstić information content (AvgIpc) is 2.28. The van der Waals surface area contributed by atoms with Gasteiger partial charge in [0, 0.05) is 4.47 Å². The zero-order chi connectivity index (χ0) is 12.4. The van der Waals surface area contributed by atoms with Gasteiger partial charge in [-0.1, -0.05) is 15.9 Å². The van der Waals surface area contributed by atoms with E-state index < -0.39 is 5.82 Å². The van der Waals surface area contributed by atoms with Crippen molar-refractivity contribution in [1.82, 2.24) is 9.97 Å². The lowest BCUT2D eigenvalue weighted by atomic mass is 10.3. The first-order valence-electron chi connectivity index (χ1n) is 4.66. The third-order valence-corrected chi connectivity index (χ3v) is 2.59. The Hall–Kier alpha value is -1.89. The number of hydrogen-bond acceptors (Lipinski definition) is 5. The Bertz CT molecular complexity index is 560. The summed E-state index contributed by atoms with van der Waals surface area (Å²) < 4.78 is 14.2. The third-order valence-electron chi connectivity index (χ3n) is 2.10. The number of nitrogens with one attached hydrogen (secondary N) is 1. The Morgan fingerprint density at radius 2 is 2.00 bits per heavy atom. The van der Waals surface area contributed by atoms with Crippen LogP contribution in [0.4, 0.5) is 27.4 Å². The van der Waals surface area contributed by atoms with Crippen molar-refractivity contribution in [1.29, 1.82) is 0 Å². The highest BCUT2D eigenvalue weighted by molar-refractivity contribution is 9.10. The number of rotatable bonds is 2. The molecule has 0 unspecified atom stereocenters. The summed E-state index contributed by atoms with van der Waals surface area (Å²) in [7, 11) is 0. The summed E-state index contributed by atoms with van der Waals surface area (Å²) in [6.45, 7) is 0. The molecule has 2 aromatic rings. The lowest BCUT2D eigenvalue weighted by Crippen LogP contribution is -2.05. The van der Waals surface area contributed by atoms with E-state index in [0.717, 1.165) is 0 Å². The van der Waals surface area contributed by atoms with Crippen LogP contribution in [0.25, 0.3) is 0 Å². The first-order valence-corrected chi connectivity index (χ1v) is 5.45. The van der Waals surface area contributed by atoms with Gasteiger partial charge < -0.3 is 16.8 Å². The molecule has 7 heteroatoms. The molecular weight excluding hydrogens is 289 g/mol. The van der Waals surface area contributed by atoms with Gasteiger partial charge >= 0.3 is 0 Å². The van der Waals surface area contributed by atoms with Crippen molar-refractivity contribution in [3.8, 4) is 0 Å². The number of aromatic nitrogens is 2. The molecule has 0 saturated carbocycles. The van der Waals surface area contributed by atoms with E-state index >= 15 is 0 Å². The highest BCUT2D eigenvalue weighted by atomic mass is 79.9. The molecule has 0 aliphatic carbocycles. The lowest BCUT2D eigenvalue weighted by molar-refractivity contribution is 0.631. The largest absolute Gasteiger partial charge is 0.393 e. The Balaban J connectivity index is 2.35. The molecule has 1 heterocycles. The van der Waals surface area contributed by atoms with Crippen LogP contribution in [0.2, 0.25) is 0 Å². The molecule has 1 aromatic heterocycles. The Labute approximate surface area is 105 Å². The Kier molecular flexibility index (Phi) is 3.10. The first kappa shape index (κ1) is 11.6. The number of nitrogens with zero attached hydrogens (tertiary/aromatic N) is 2. The van der Waals surface area contributed by atoms with Gasteiger partial charge in [-0.15, -0.1) is 0 Å². The average molecular weight is 298 g/mol. The van der Waals surface area contributed by atoms with Crippen LogP contribution in [0.15, 0.2) is 29.0 Å². The van der Waals surface area contributed by atoms with Gasteiger partial charge in [0.2, 0.25) is 0 Å². The molecular formula is C10H9BrFN5. The molecule has 0 amide bonds. The van der Waals surface area contributed by atoms with Crippen molar-refractivity contribution in [2.24, 2.45) is 0 Å². The summed E-state index contributed by atoms with van der Waals surface area (Å²) in [5, 5.41) is 2.76. The van der Waals surface area contributed by atoms with Gasteiger partial charge in [-0.25, -0.2) is 14.4 Å². The van der Waals surface area contributed by atoms with E-state index in [-0.39, 0.29) is 23.0 Å². The van der Waals surface area contributed by atoms with E-state index in [4.69, 9.17) is 11.5 Å². The highest BCUT2D eigenvalue weighted by Gasteiger charge is 2.08. The molecule has 0 radical (unpaired) electrons. The maximum Gasteiger partial charge on any atom is 0.159 e. The van der Waals surface area contributed by atoms with Crippen LogP contribution in [0.3, 0.4) is 0 Å². The monoisotopic (exact) mass is 297 g/mol. The predicted molar refractivity (Wildman–Crippen MR) is 68.2 cm³/mol. The van der Waals surface area contributed by atoms with E-state index in [2.05, 4.69) is 31.2 Å². The van der Waals surface area contributed by atoms with Crippen molar-refractivity contribution in [3.05, 3.63) is 34.8 Å². The van der Waals surface area contributed by atoms with Gasteiger partial charge in [0.25, 0.3) is 0 Å². The number of nitrogens with two attached hydrogens (primary N) is 2. The molecule has 88 valence electrons. The molecule has 0 fully saturated rings. The number of nitrogen functional groups attached to an aromatic ring is 2. The first-order chi connectivity index (χ1) is 8.08. The molecule has 17 heavy (non-hydrogen) atoms. The van der Waals surface area contributed by atoms with E-state index in [1.807, 2.05) is 0 Å². The van der Waals surface area contributed by atoms with Crippen LogP contribution in [0.1, 0.15) is 0 Å². The second kappa shape index (κ2) is 4.54. The van der Waals surface area contributed by atoms with Crippen LogP contribution >= 0.6 is 15.9 Å². The molecule has 0 aliphatic rings. The van der Waals surface area contributed by atoms with Crippen molar-refractivity contribution >= 4 is 38.9 Å². The van der Waals surface area contributed by atoms with Gasteiger partial charge in [0.05, 0.1) is 5.69 Å². The quantitative estimate of drug-likeness (QED) is 0.791. The van der Waals surface area contributed by atoms with Crippen LogP contribution in [-0.2, 0) is 0 Å². The van der Waals surface area contributed by atoms with Gasteiger partial charge in [-0.05, 0) is 18.2 Å². The molecule has 0 aliphatic heterocycles. The zero-order valence-electron chi connectivity index (χ0n) is 8.61. The van der Waals surface area contributed by atoms with Crippen molar-refractivity contribution in [2.45, 2.75) is 0 Å². The molecule has 5 N–H and O–H groups in total. The van der Waals surface area contributed by atoms with E-state index in [1.165, 1.54) is 12.4 Å². The van der Waals surface area contributed by atoms with Crippen LogP contribution in [-0.4, -0.2) is 9.97 Å². The Morgan fingerprint density at radius 1 is 1.24 bits per heavy atom. The smallest absolute Gasteiger partial charge is 0.159 e. The summed E-state index contributed by atoms with van der Waals surface area (Å²) in [6.07, 6.45) is 1.25. The summed E-state index contributed by atoms with van der Waals surface area (Å²) >= 11 is 3.17. The van der Waals surface area contributed by atoms with Crippen LogP contribution in [0.5, 0.6) is 0 Å². The van der Waals surface area contributed by atoms with E-state index in [9.17, 15) is 4.39 Å². The summed E-state index contributed by atoms with van der Waals surface area (Å²) in [6, 6.07) is 4.60. The highest BCUT2D eigenvalue weighted by Crippen LogP contribution is 2.26. The maximum absolute atomic E-state index is 13.6. The minimum atomic E-state index is -0.420. The summed E-state index contributed by atoms with van der Waals surface area (Å²) in [5.41, 5.74) is 11.6. The topological polar surface area (TPSA) is 89.8 Å². The maximum atomic E-state index is 13.6. The number of benzene rings is 1. The van der Waals surface area contributed by atoms with Crippen LogP contribution < -0.4 is 16.8 Å². The second-order valence-corrected chi connectivity index (χ2v) is 4.19. The van der Waals surface area contributed by atoms with Gasteiger partial charge in [-0.3, -0.25) is 0 Å². The third kappa shape index (κ3) is 2.44. The number of hydrogen-bond donors (Lipinski definition) is 3. The fourth-order valence-corrected chi connectivity index (χ4v) is 1.56. The summed E-state index contributed by atoms with van der Waals surface area (Å²) in [5.74, 6) is 0.00898. The normalized spacial score (nSPS) is 10.2. The minimum absolute atomic E-state index is 0.153. The molecule has 2 rings (SSSR count). The molecule has 5 nitrogen and oxygen atoms in total. The van der Waals surface area contributed by atoms with E-state index in [0.29, 0.717) is 4.47 Å². The predicted octanol–water partition coefficient (Wildman–Crippen LogP) is 2.29. The number of halogens is 2. The van der Waals surface area contributed by atoms with Crippen LogP contribution in [0, 0.1) is 5.82 Å².